The highest BCUT2D eigenvalue weighted by Gasteiger charge is 2.19. The summed E-state index contributed by atoms with van der Waals surface area (Å²) in [6.07, 6.45) is 3.55. The smallest absolute Gasteiger partial charge is 0.339 e. The molecule has 0 atom stereocenters. The first-order valence-corrected chi connectivity index (χ1v) is 7.76. The molecule has 0 aliphatic rings. The SMILES string of the molecule is COC(=O)c1ccc2nc(-c3c(-c4ccccc4)noc3C)cn2c1. The van der Waals surface area contributed by atoms with Gasteiger partial charge in [-0.3, -0.25) is 0 Å². The second kappa shape index (κ2) is 5.90. The van der Waals surface area contributed by atoms with Crippen molar-refractivity contribution in [2.45, 2.75) is 6.92 Å². The Bertz CT molecular complexity index is 1060. The van der Waals surface area contributed by atoms with Crippen molar-refractivity contribution >= 4 is 11.6 Å². The van der Waals surface area contributed by atoms with E-state index in [9.17, 15) is 4.79 Å². The zero-order valence-corrected chi connectivity index (χ0v) is 13.8. The molecular formula is C19H15N3O3. The molecule has 6 nitrogen and oxygen atoms in total. The number of hydrogen-bond acceptors (Lipinski definition) is 5. The molecule has 0 saturated heterocycles. The molecule has 4 aromatic rings. The number of carbonyl (C=O) groups excluding carboxylic acids is 1. The number of hydrogen-bond donors (Lipinski definition) is 0. The van der Waals surface area contributed by atoms with E-state index in [2.05, 4.69) is 10.1 Å². The fourth-order valence-electron chi connectivity index (χ4n) is 2.82. The van der Waals surface area contributed by atoms with E-state index < -0.39 is 0 Å². The number of imidazole rings is 1. The third-order valence-electron chi connectivity index (χ3n) is 4.04. The number of pyridine rings is 1. The lowest BCUT2D eigenvalue weighted by Gasteiger charge is -1.99. The average molecular weight is 333 g/mol. The second-order valence-corrected chi connectivity index (χ2v) is 5.63. The van der Waals surface area contributed by atoms with Crippen LogP contribution in [0.2, 0.25) is 0 Å². The number of aryl methyl sites for hydroxylation is 1. The van der Waals surface area contributed by atoms with E-state index in [1.807, 2.05) is 43.5 Å². The molecule has 0 unspecified atom stereocenters. The van der Waals surface area contributed by atoms with Gasteiger partial charge in [0.05, 0.1) is 23.9 Å². The number of nitrogens with zero attached hydrogens (tertiary/aromatic N) is 3. The van der Waals surface area contributed by atoms with Crippen LogP contribution in [0, 0.1) is 6.92 Å². The molecule has 0 saturated carbocycles. The third-order valence-corrected chi connectivity index (χ3v) is 4.04. The van der Waals surface area contributed by atoms with Crippen LogP contribution in [0.3, 0.4) is 0 Å². The maximum absolute atomic E-state index is 11.7. The molecule has 3 aromatic heterocycles. The lowest BCUT2D eigenvalue weighted by atomic mass is 10.0. The van der Waals surface area contributed by atoms with Crippen LogP contribution in [-0.4, -0.2) is 27.6 Å². The van der Waals surface area contributed by atoms with Gasteiger partial charge in [0.2, 0.25) is 0 Å². The number of benzene rings is 1. The first kappa shape index (κ1) is 15.1. The minimum Gasteiger partial charge on any atom is -0.465 e. The number of esters is 1. The van der Waals surface area contributed by atoms with Gasteiger partial charge in [0.15, 0.2) is 0 Å². The fraction of sp³-hybridized carbons (Fsp3) is 0.105. The number of carbonyl (C=O) groups is 1. The molecule has 0 aliphatic heterocycles. The van der Waals surface area contributed by atoms with E-state index in [4.69, 9.17) is 9.26 Å². The van der Waals surface area contributed by atoms with E-state index in [0.717, 1.165) is 28.2 Å². The summed E-state index contributed by atoms with van der Waals surface area (Å²) in [6, 6.07) is 13.3. The standard InChI is InChI=1S/C19H15N3O3/c1-12-17(18(21-25-12)13-6-4-3-5-7-13)15-11-22-10-14(19(23)24-2)8-9-16(22)20-15/h3-11H,1-2H3. The molecule has 0 radical (unpaired) electrons. The van der Waals surface area contributed by atoms with Crippen molar-refractivity contribution in [1.82, 2.24) is 14.5 Å². The monoisotopic (exact) mass is 333 g/mol. The van der Waals surface area contributed by atoms with Gasteiger partial charge >= 0.3 is 5.97 Å². The molecule has 3 heterocycles. The highest BCUT2D eigenvalue weighted by atomic mass is 16.5. The van der Waals surface area contributed by atoms with E-state index in [-0.39, 0.29) is 5.97 Å². The highest BCUT2D eigenvalue weighted by Crippen LogP contribution is 2.33. The first-order chi connectivity index (χ1) is 12.2. The molecule has 0 amide bonds. The van der Waals surface area contributed by atoms with Crippen LogP contribution < -0.4 is 0 Å². The number of fused-ring (bicyclic) bond motifs is 1. The van der Waals surface area contributed by atoms with Crippen molar-refractivity contribution in [3.8, 4) is 22.5 Å². The fourth-order valence-corrected chi connectivity index (χ4v) is 2.82. The minimum absolute atomic E-state index is 0.386. The molecule has 0 spiro atoms. The highest BCUT2D eigenvalue weighted by molar-refractivity contribution is 5.89. The number of rotatable bonds is 3. The Morgan fingerprint density at radius 3 is 2.68 bits per heavy atom. The van der Waals surface area contributed by atoms with E-state index in [1.54, 1.807) is 22.7 Å². The Morgan fingerprint density at radius 1 is 1.12 bits per heavy atom. The van der Waals surface area contributed by atoms with Gasteiger partial charge in [-0.25, -0.2) is 9.78 Å². The Morgan fingerprint density at radius 2 is 1.92 bits per heavy atom. The van der Waals surface area contributed by atoms with Crippen LogP contribution >= 0.6 is 0 Å². The van der Waals surface area contributed by atoms with Crippen LogP contribution in [-0.2, 0) is 4.74 Å². The predicted molar refractivity (Wildman–Crippen MR) is 92.2 cm³/mol. The second-order valence-electron chi connectivity index (χ2n) is 5.63. The summed E-state index contributed by atoms with van der Waals surface area (Å²) in [7, 11) is 1.36. The van der Waals surface area contributed by atoms with Gasteiger partial charge in [-0.1, -0.05) is 35.5 Å². The Balaban J connectivity index is 1.86. The summed E-state index contributed by atoms with van der Waals surface area (Å²) in [6.45, 7) is 1.86. The van der Waals surface area contributed by atoms with Crippen LogP contribution in [0.15, 0.2) is 59.4 Å². The van der Waals surface area contributed by atoms with Crippen LogP contribution in [0.1, 0.15) is 16.1 Å². The van der Waals surface area contributed by atoms with Gasteiger partial charge in [-0.05, 0) is 19.1 Å². The molecule has 0 aliphatic carbocycles. The summed E-state index contributed by atoms with van der Waals surface area (Å²) in [4.78, 5) is 16.3. The normalized spacial score (nSPS) is 11.0. The topological polar surface area (TPSA) is 69.6 Å². The summed E-state index contributed by atoms with van der Waals surface area (Å²) < 4.78 is 12.0. The van der Waals surface area contributed by atoms with E-state index in [1.165, 1.54) is 7.11 Å². The summed E-state index contributed by atoms with van der Waals surface area (Å²) in [5.74, 6) is 0.304. The molecule has 25 heavy (non-hydrogen) atoms. The van der Waals surface area contributed by atoms with Gasteiger partial charge in [0.1, 0.15) is 17.1 Å². The number of ether oxygens (including phenoxy) is 1. The molecule has 0 N–H and O–H groups in total. The average Bonchev–Trinajstić information content (AvgIpc) is 3.23. The van der Waals surface area contributed by atoms with Crippen molar-refractivity contribution in [3.05, 3.63) is 66.2 Å². The minimum atomic E-state index is -0.386. The van der Waals surface area contributed by atoms with Crippen molar-refractivity contribution in [2.24, 2.45) is 0 Å². The molecule has 124 valence electrons. The largest absolute Gasteiger partial charge is 0.465 e. The summed E-state index contributed by atoms with van der Waals surface area (Å²) in [5, 5.41) is 4.19. The lowest BCUT2D eigenvalue weighted by Crippen LogP contribution is -2.02. The van der Waals surface area contributed by atoms with Gasteiger partial charge in [-0.15, -0.1) is 0 Å². The van der Waals surface area contributed by atoms with Crippen LogP contribution in [0.4, 0.5) is 0 Å². The van der Waals surface area contributed by atoms with Gasteiger partial charge in [0, 0.05) is 18.0 Å². The number of methoxy groups -OCH3 is 1. The van der Waals surface area contributed by atoms with E-state index in [0.29, 0.717) is 11.3 Å². The maximum Gasteiger partial charge on any atom is 0.339 e. The molecule has 0 fully saturated rings. The van der Waals surface area contributed by atoms with E-state index >= 15 is 0 Å². The molecule has 0 bridgehead atoms. The Labute approximate surface area is 143 Å². The Hall–Kier alpha value is -3.41. The number of aromatic nitrogens is 3. The molecule has 4 rings (SSSR count). The zero-order valence-electron chi connectivity index (χ0n) is 13.8. The Kier molecular flexibility index (Phi) is 3.57. The summed E-state index contributed by atoms with van der Waals surface area (Å²) >= 11 is 0. The van der Waals surface area contributed by atoms with Crippen molar-refractivity contribution in [1.29, 1.82) is 0 Å². The molecule has 1 aromatic carbocycles. The first-order valence-electron chi connectivity index (χ1n) is 7.76. The maximum atomic E-state index is 11.7. The van der Waals surface area contributed by atoms with Gasteiger partial charge in [0.25, 0.3) is 0 Å². The predicted octanol–water partition coefficient (Wildman–Crippen LogP) is 3.75. The van der Waals surface area contributed by atoms with Crippen LogP contribution in [0.25, 0.3) is 28.2 Å². The zero-order chi connectivity index (χ0) is 17.4. The quantitative estimate of drug-likeness (QED) is 0.534. The third kappa shape index (κ3) is 2.57. The van der Waals surface area contributed by atoms with Crippen molar-refractivity contribution < 1.29 is 14.1 Å². The van der Waals surface area contributed by atoms with Crippen molar-refractivity contribution in [2.75, 3.05) is 7.11 Å². The lowest BCUT2D eigenvalue weighted by molar-refractivity contribution is 0.0600. The van der Waals surface area contributed by atoms with Crippen molar-refractivity contribution in [3.63, 3.8) is 0 Å². The molecule has 6 heteroatoms. The van der Waals surface area contributed by atoms with Gasteiger partial charge < -0.3 is 13.7 Å². The van der Waals surface area contributed by atoms with Gasteiger partial charge in [-0.2, -0.15) is 0 Å². The van der Waals surface area contributed by atoms with Crippen LogP contribution in [0.5, 0.6) is 0 Å². The summed E-state index contributed by atoms with van der Waals surface area (Å²) in [5.41, 5.74) is 4.47. The molecular weight excluding hydrogens is 318 g/mol.